The van der Waals surface area contributed by atoms with Crippen LogP contribution in [0.4, 0.5) is 5.69 Å². The van der Waals surface area contributed by atoms with Crippen molar-refractivity contribution in [2.75, 3.05) is 16.8 Å². The van der Waals surface area contributed by atoms with Crippen LogP contribution in [0, 0.1) is 0 Å². The van der Waals surface area contributed by atoms with Crippen LogP contribution in [0.15, 0.2) is 84.9 Å². The lowest BCUT2D eigenvalue weighted by atomic mass is 9.85. The Bertz CT molecular complexity index is 935. The van der Waals surface area contributed by atoms with E-state index in [4.69, 9.17) is 5.11 Å². The summed E-state index contributed by atoms with van der Waals surface area (Å²) >= 11 is 3.36. The van der Waals surface area contributed by atoms with Crippen molar-refractivity contribution < 1.29 is 19.8 Å². The van der Waals surface area contributed by atoms with Gasteiger partial charge in [-0.25, -0.2) is 4.79 Å². The van der Waals surface area contributed by atoms with Gasteiger partial charge in [0, 0.05) is 17.6 Å². The maximum absolute atomic E-state index is 13.7. The molecule has 0 aliphatic rings. The van der Waals surface area contributed by atoms with Gasteiger partial charge in [0.15, 0.2) is 5.60 Å². The van der Waals surface area contributed by atoms with E-state index in [1.807, 2.05) is 12.1 Å². The molecule has 0 spiro atoms. The molecule has 2 N–H and O–H groups in total. The molecule has 0 fully saturated rings. The van der Waals surface area contributed by atoms with Gasteiger partial charge in [-0.2, -0.15) is 0 Å². The Kier molecular flexibility index (Phi) is 6.46. The Balaban J connectivity index is 2.10. The standard InChI is InChI=1S/C23H20BrNO4/c24-15-16-25(20-13-11-17(12-14-20)21(26)27)22(28)23(29,18-7-3-1-4-8-18)19-9-5-2-6-10-19/h1-14,29H,15-16H2,(H,26,27). The summed E-state index contributed by atoms with van der Waals surface area (Å²) in [5, 5.41) is 21.3. The third kappa shape index (κ3) is 4.23. The van der Waals surface area contributed by atoms with Gasteiger partial charge in [-0.05, 0) is 35.4 Å². The van der Waals surface area contributed by atoms with Crippen molar-refractivity contribution in [3.05, 3.63) is 102 Å². The molecule has 29 heavy (non-hydrogen) atoms. The number of carboxylic acid groups (broad SMARTS) is 1. The maximum Gasteiger partial charge on any atom is 0.335 e. The smallest absolute Gasteiger partial charge is 0.335 e. The molecule has 148 valence electrons. The van der Waals surface area contributed by atoms with Gasteiger partial charge < -0.3 is 15.1 Å². The molecule has 0 aromatic heterocycles. The summed E-state index contributed by atoms with van der Waals surface area (Å²) in [6, 6.07) is 23.6. The number of carbonyl (C=O) groups excluding carboxylic acids is 1. The summed E-state index contributed by atoms with van der Waals surface area (Å²) in [7, 11) is 0. The number of alkyl halides is 1. The van der Waals surface area contributed by atoms with Crippen LogP contribution in [0.25, 0.3) is 0 Å². The zero-order valence-electron chi connectivity index (χ0n) is 15.5. The SMILES string of the molecule is O=C(O)c1ccc(N(CCBr)C(=O)C(O)(c2ccccc2)c2ccccc2)cc1. The van der Waals surface area contributed by atoms with Gasteiger partial charge in [-0.15, -0.1) is 0 Å². The molecule has 0 aliphatic heterocycles. The van der Waals surface area contributed by atoms with Crippen LogP contribution in [0.1, 0.15) is 21.5 Å². The van der Waals surface area contributed by atoms with E-state index >= 15 is 0 Å². The van der Waals surface area contributed by atoms with Gasteiger partial charge in [0.2, 0.25) is 0 Å². The Hall–Kier alpha value is -2.96. The molecular weight excluding hydrogens is 434 g/mol. The minimum atomic E-state index is -1.89. The van der Waals surface area contributed by atoms with Crippen LogP contribution in [-0.4, -0.2) is 34.0 Å². The lowest BCUT2D eigenvalue weighted by Gasteiger charge is -2.34. The van der Waals surface area contributed by atoms with Gasteiger partial charge in [0.1, 0.15) is 0 Å². The second kappa shape index (κ2) is 9.03. The van der Waals surface area contributed by atoms with E-state index in [-0.39, 0.29) is 5.56 Å². The molecule has 0 atom stereocenters. The van der Waals surface area contributed by atoms with Gasteiger partial charge >= 0.3 is 5.97 Å². The van der Waals surface area contributed by atoms with E-state index in [9.17, 15) is 14.7 Å². The van der Waals surface area contributed by atoms with Crippen LogP contribution >= 0.6 is 15.9 Å². The first-order valence-corrected chi connectivity index (χ1v) is 10.2. The number of aromatic carboxylic acids is 1. The number of rotatable bonds is 7. The number of hydrogen-bond donors (Lipinski definition) is 2. The topological polar surface area (TPSA) is 77.8 Å². The van der Waals surface area contributed by atoms with E-state index < -0.39 is 17.5 Å². The number of amides is 1. The predicted molar refractivity (Wildman–Crippen MR) is 115 cm³/mol. The Morgan fingerprint density at radius 2 is 1.31 bits per heavy atom. The van der Waals surface area contributed by atoms with Gasteiger partial charge in [0.25, 0.3) is 5.91 Å². The molecule has 0 bridgehead atoms. The van der Waals surface area contributed by atoms with Crippen LogP contribution in [0.2, 0.25) is 0 Å². The number of halogens is 1. The molecular formula is C23H20BrNO4. The highest BCUT2D eigenvalue weighted by Crippen LogP contribution is 2.33. The Morgan fingerprint density at radius 3 is 1.72 bits per heavy atom. The number of hydrogen-bond acceptors (Lipinski definition) is 3. The fourth-order valence-corrected chi connectivity index (χ4v) is 3.54. The molecule has 1 amide bonds. The fraction of sp³-hybridized carbons (Fsp3) is 0.130. The highest BCUT2D eigenvalue weighted by molar-refractivity contribution is 9.09. The average molecular weight is 454 g/mol. The normalized spacial score (nSPS) is 11.1. The third-order valence-electron chi connectivity index (χ3n) is 4.67. The lowest BCUT2D eigenvalue weighted by Crippen LogP contribution is -2.48. The molecule has 6 heteroatoms. The van der Waals surface area contributed by atoms with E-state index in [1.165, 1.54) is 17.0 Å². The molecule has 3 rings (SSSR count). The van der Waals surface area contributed by atoms with Gasteiger partial charge in [-0.1, -0.05) is 76.6 Å². The van der Waals surface area contributed by atoms with Crippen LogP contribution in [0.5, 0.6) is 0 Å². The van der Waals surface area contributed by atoms with Crippen molar-refractivity contribution in [3.63, 3.8) is 0 Å². The van der Waals surface area contributed by atoms with E-state index in [2.05, 4.69) is 15.9 Å². The second-order valence-corrected chi connectivity index (χ2v) is 7.23. The highest BCUT2D eigenvalue weighted by Gasteiger charge is 2.43. The molecule has 0 unspecified atom stereocenters. The minimum absolute atomic E-state index is 0.126. The summed E-state index contributed by atoms with van der Waals surface area (Å²) < 4.78 is 0. The Morgan fingerprint density at radius 1 is 0.828 bits per heavy atom. The molecule has 5 nitrogen and oxygen atoms in total. The van der Waals surface area contributed by atoms with Crippen molar-refractivity contribution in [2.24, 2.45) is 0 Å². The fourth-order valence-electron chi connectivity index (χ4n) is 3.18. The largest absolute Gasteiger partial charge is 0.478 e. The van der Waals surface area contributed by atoms with Crippen LogP contribution < -0.4 is 4.90 Å². The average Bonchev–Trinajstić information content (AvgIpc) is 2.77. The monoisotopic (exact) mass is 453 g/mol. The summed E-state index contributed by atoms with van der Waals surface area (Å²) in [6.45, 7) is 0.299. The molecule has 0 saturated carbocycles. The summed E-state index contributed by atoms with van der Waals surface area (Å²) in [6.07, 6.45) is 0. The highest BCUT2D eigenvalue weighted by atomic mass is 79.9. The predicted octanol–water partition coefficient (Wildman–Crippen LogP) is 4.05. The van der Waals surface area contributed by atoms with Crippen molar-refractivity contribution in [1.29, 1.82) is 0 Å². The summed E-state index contributed by atoms with van der Waals surface area (Å²) in [5.74, 6) is -1.56. The minimum Gasteiger partial charge on any atom is -0.478 e. The third-order valence-corrected chi connectivity index (χ3v) is 5.03. The zero-order chi connectivity index (χ0) is 20.9. The molecule has 3 aromatic rings. The van der Waals surface area contributed by atoms with E-state index in [0.29, 0.717) is 28.7 Å². The van der Waals surface area contributed by atoms with Gasteiger partial charge in [0.05, 0.1) is 5.56 Å². The molecule has 0 saturated heterocycles. The second-order valence-electron chi connectivity index (χ2n) is 6.44. The number of benzene rings is 3. The van der Waals surface area contributed by atoms with E-state index in [1.54, 1.807) is 60.7 Å². The molecule has 0 radical (unpaired) electrons. The van der Waals surface area contributed by atoms with Crippen molar-refractivity contribution in [3.8, 4) is 0 Å². The van der Waals surface area contributed by atoms with Crippen molar-refractivity contribution >= 4 is 33.5 Å². The molecule has 0 aliphatic carbocycles. The van der Waals surface area contributed by atoms with Crippen molar-refractivity contribution in [1.82, 2.24) is 0 Å². The Labute approximate surface area is 177 Å². The number of carboxylic acids is 1. The first kappa shape index (κ1) is 20.8. The van der Waals surface area contributed by atoms with Crippen molar-refractivity contribution in [2.45, 2.75) is 5.60 Å². The summed E-state index contributed by atoms with van der Waals surface area (Å²) in [4.78, 5) is 26.3. The van der Waals surface area contributed by atoms with Gasteiger partial charge in [-0.3, -0.25) is 4.79 Å². The number of anilines is 1. The number of aliphatic hydroxyl groups is 1. The number of nitrogens with zero attached hydrogens (tertiary/aromatic N) is 1. The summed E-state index contributed by atoms with van der Waals surface area (Å²) in [5.41, 5.74) is -0.349. The first-order valence-electron chi connectivity index (χ1n) is 9.03. The van der Waals surface area contributed by atoms with E-state index in [0.717, 1.165) is 0 Å². The molecule has 3 aromatic carbocycles. The first-order chi connectivity index (χ1) is 14.0. The maximum atomic E-state index is 13.7. The lowest BCUT2D eigenvalue weighted by molar-refractivity contribution is -0.133. The number of carbonyl (C=O) groups is 2. The quantitative estimate of drug-likeness (QED) is 0.529. The zero-order valence-corrected chi connectivity index (χ0v) is 17.1. The van der Waals surface area contributed by atoms with Crippen LogP contribution in [-0.2, 0) is 10.4 Å². The molecule has 0 heterocycles. The van der Waals surface area contributed by atoms with Crippen LogP contribution in [0.3, 0.4) is 0 Å².